The summed E-state index contributed by atoms with van der Waals surface area (Å²) in [7, 11) is 0. The highest BCUT2D eigenvalue weighted by Gasteiger charge is 2.11. The Bertz CT molecular complexity index is 776. The molecule has 0 radical (unpaired) electrons. The summed E-state index contributed by atoms with van der Waals surface area (Å²) in [5.41, 5.74) is 1.43. The van der Waals surface area contributed by atoms with Gasteiger partial charge in [-0.25, -0.2) is 0 Å². The Morgan fingerprint density at radius 1 is 0.947 bits per heavy atom. The highest BCUT2D eigenvalue weighted by atomic mass is 32.1. The van der Waals surface area contributed by atoms with Gasteiger partial charge >= 0.3 is 0 Å². The summed E-state index contributed by atoms with van der Waals surface area (Å²) < 4.78 is 0.821. The third kappa shape index (κ3) is 2.25. The Kier molecular flexibility index (Phi) is 3.05. The maximum absolute atomic E-state index is 12.4. The minimum Gasteiger partial charge on any atom is -0.499 e. The Morgan fingerprint density at radius 2 is 1.63 bits per heavy atom. The Hall–Kier alpha value is -2.13. The smallest absolute Gasteiger partial charge is 0.195 e. The van der Waals surface area contributed by atoms with Crippen molar-refractivity contribution in [3.8, 4) is 5.06 Å². The van der Waals surface area contributed by atoms with Gasteiger partial charge in [0.15, 0.2) is 10.5 Å². The van der Waals surface area contributed by atoms with E-state index in [0.717, 1.165) is 10.3 Å². The van der Waals surface area contributed by atoms with Crippen LogP contribution in [0.25, 0.3) is 10.1 Å². The van der Waals surface area contributed by atoms with Gasteiger partial charge < -0.3 is 5.11 Å². The third-order valence-electron chi connectivity index (χ3n) is 3.09. The maximum atomic E-state index is 12.4. The lowest BCUT2D eigenvalue weighted by Gasteiger charge is -2.05. The summed E-state index contributed by atoms with van der Waals surface area (Å²) in [4.78, 5) is 12.4. The Labute approximate surface area is 114 Å². The van der Waals surface area contributed by atoms with Gasteiger partial charge in [-0.2, -0.15) is 0 Å². The molecule has 0 aliphatic carbocycles. The molecule has 1 aromatic heterocycles. The Morgan fingerprint density at radius 3 is 2.42 bits per heavy atom. The van der Waals surface area contributed by atoms with Crippen molar-refractivity contribution < 1.29 is 5.11 Å². The average molecular weight is 268 g/mol. The van der Waals surface area contributed by atoms with Crippen LogP contribution in [0.1, 0.15) is 11.1 Å². The lowest BCUT2D eigenvalue weighted by atomic mass is 10.1. The van der Waals surface area contributed by atoms with E-state index < -0.39 is 0 Å². The average Bonchev–Trinajstić information content (AvgIpc) is 2.45. The normalized spacial score (nSPS) is 10.7. The molecule has 3 heteroatoms. The standard InChI is InChI=1S/C16H12O2S/c17-15-12-8-4-5-9-14(12)19-16(18)13(15)10-11-6-2-1-3-7-11/h1-9,18H,10H2. The van der Waals surface area contributed by atoms with Gasteiger partial charge in [-0.1, -0.05) is 53.8 Å². The van der Waals surface area contributed by atoms with E-state index >= 15 is 0 Å². The molecule has 0 saturated carbocycles. The van der Waals surface area contributed by atoms with Crippen molar-refractivity contribution in [2.24, 2.45) is 0 Å². The fraction of sp³-hybridized carbons (Fsp3) is 0.0625. The van der Waals surface area contributed by atoms with Crippen molar-refractivity contribution in [2.45, 2.75) is 6.42 Å². The maximum Gasteiger partial charge on any atom is 0.195 e. The van der Waals surface area contributed by atoms with Crippen LogP contribution in [-0.2, 0) is 6.42 Å². The first-order chi connectivity index (χ1) is 9.25. The van der Waals surface area contributed by atoms with Crippen molar-refractivity contribution in [3.05, 3.63) is 75.9 Å². The summed E-state index contributed by atoms with van der Waals surface area (Å²) in [5.74, 6) is 0. The lowest BCUT2D eigenvalue weighted by Crippen LogP contribution is -2.08. The van der Waals surface area contributed by atoms with Gasteiger partial charge in [-0.05, 0) is 17.7 Å². The molecule has 0 atom stereocenters. The molecule has 0 spiro atoms. The largest absolute Gasteiger partial charge is 0.499 e. The van der Waals surface area contributed by atoms with E-state index in [-0.39, 0.29) is 10.5 Å². The van der Waals surface area contributed by atoms with Crippen LogP contribution >= 0.6 is 11.3 Å². The lowest BCUT2D eigenvalue weighted by molar-refractivity contribution is 0.484. The number of hydrogen-bond donors (Lipinski definition) is 1. The second kappa shape index (κ2) is 4.86. The highest BCUT2D eigenvalue weighted by Crippen LogP contribution is 2.28. The van der Waals surface area contributed by atoms with E-state index in [4.69, 9.17) is 0 Å². The van der Waals surface area contributed by atoms with E-state index in [9.17, 15) is 9.90 Å². The van der Waals surface area contributed by atoms with E-state index in [2.05, 4.69) is 0 Å². The predicted octanol–water partition coefficient (Wildman–Crippen LogP) is 3.56. The molecular weight excluding hydrogens is 256 g/mol. The van der Waals surface area contributed by atoms with Crippen LogP contribution in [0.2, 0.25) is 0 Å². The number of aromatic hydroxyl groups is 1. The molecule has 2 aromatic carbocycles. The molecule has 0 unspecified atom stereocenters. The van der Waals surface area contributed by atoms with Gasteiger partial charge in [0, 0.05) is 16.5 Å². The van der Waals surface area contributed by atoms with Crippen molar-refractivity contribution in [1.29, 1.82) is 0 Å². The molecule has 0 saturated heterocycles. The van der Waals surface area contributed by atoms with Crippen LogP contribution < -0.4 is 5.43 Å². The predicted molar refractivity (Wildman–Crippen MR) is 79.0 cm³/mol. The van der Waals surface area contributed by atoms with Crippen molar-refractivity contribution >= 4 is 21.4 Å². The number of rotatable bonds is 2. The molecule has 3 rings (SSSR count). The molecular formula is C16H12O2S. The molecule has 1 heterocycles. The number of benzene rings is 2. The molecule has 0 fully saturated rings. The van der Waals surface area contributed by atoms with Crippen LogP contribution in [0.3, 0.4) is 0 Å². The molecule has 2 nitrogen and oxygen atoms in total. The summed E-state index contributed by atoms with van der Waals surface area (Å²) in [5, 5.41) is 10.9. The van der Waals surface area contributed by atoms with E-state index in [1.807, 2.05) is 54.6 Å². The van der Waals surface area contributed by atoms with Crippen molar-refractivity contribution in [3.63, 3.8) is 0 Å². The fourth-order valence-electron chi connectivity index (χ4n) is 2.12. The molecule has 94 valence electrons. The van der Waals surface area contributed by atoms with Gasteiger partial charge in [0.1, 0.15) is 0 Å². The van der Waals surface area contributed by atoms with E-state index in [1.54, 1.807) is 0 Å². The quantitative estimate of drug-likeness (QED) is 0.771. The van der Waals surface area contributed by atoms with Gasteiger partial charge in [-0.3, -0.25) is 4.79 Å². The summed E-state index contributed by atoms with van der Waals surface area (Å²) >= 11 is 1.26. The number of fused-ring (bicyclic) bond motifs is 1. The van der Waals surface area contributed by atoms with Crippen LogP contribution in [0.15, 0.2) is 59.4 Å². The minimum atomic E-state index is -0.0734. The zero-order valence-electron chi connectivity index (χ0n) is 10.2. The molecule has 0 aliphatic rings. The summed E-state index contributed by atoms with van der Waals surface area (Å²) in [6.45, 7) is 0. The first kappa shape index (κ1) is 11.9. The minimum absolute atomic E-state index is 0.0734. The van der Waals surface area contributed by atoms with Crippen LogP contribution in [0.4, 0.5) is 0 Å². The molecule has 0 aliphatic heterocycles. The summed E-state index contributed by atoms with van der Waals surface area (Å²) in [6.07, 6.45) is 0.465. The van der Waals surface area contributed by atoms with Crippen LogP contribution in [0, 0.1) is 0 Å². The number of hydrogen-bond acceptors (Lipinski definition) is 3. The van der Waals surface area contributed by atoms with Crippen LogP contribution in [-0.4, -0.2) is 5.11 Å². The van der Waals surface area contributed by atoms with E-state index in [0.29, 0.717) is 17.4 Å². The molecule has 0 amide bonds. The van der Waals surface area contributed by atoms with Gasteiger partial charge in [0.05, 0.1) is 5.56 Å². The molecule has 3 aromatic rings. The van der Waals surface area contributed by atoms with E-state index in [1.165, 1.54) is 11.3 Å². The van der Waals surface area contributed by atoms with Crippen LogP contribution in [0.5, 0.6) is 5.06 Å². The first-order valence-corrected chi connectivity index (χ1v) is 6.85. The van der Waals surface area contributed by atoms with Crippen molar-refractivity contribution in [2.75, 3.05) is 0 Å². The van der Waals surface area contributed by atoms with Crippen molar-refractivity contribution in [1.82, 2.24) is 0 Å². The molecule has 1 N–H and O–H groups in total. The second-order valence-electron chi connectivity index (χ2n) is 4.37. The third-order valence-corrected chi connectivity index (χ3v) is 4.11. The monoisotopic (exact) mass is 268 g/mol. The van der Waals surface area contributed by atoms with Gasteiger partial charge in [-0.15, -0.1) is 0 Å². The Balaban J connectivity index is 2.16. The van der Waals surface area contributed by atoms with Gasteiger partial charge in [0.25, 0.3) is 0 Å². The second-order valence-corrected chi connectivity index (χ2v) is 5.40. The zero-order valence-corrected chi connectivity index (χ0v) is 11.0. The molecule has 0 bridgehead atoms. The van der Waals surface area contributed by atoms with Gasteiger partial charge in [0.2, 0.25) is 0 Å². The highest BCUT2D eigenvalue weighted by molar-refractivity contribution is 7.20. The SMILES string of the molecule is O=c1c(Cc2ccccc2)c(O)sc2ccccc12. The first-order valence-electron chi connectivity index (χ1n) is 6.03. The fourth-order valence-corrected chi connectivity index (χ4v) is 3.04. The summed E-state index contributed by atoms with van der Waals surface area (Å²) in [6, 6.07) is 17.1. The topological polar surface area (TPSA) is 37.3 Å². The zero-order chi connectivity index (χ0) is 13.2. The molecule has 19 heavy (non-hydrogen) atoms.